The largest absolute Gasteiger partial charge is 0.334 e. The highest BCUT2D eigenvalue weighted by atomic mass is 19.1. The van der Waals surface area contributed by atoms with Gasteiger partial charge in [0.15, 0.2) is 0 Å². The molecule has 0 spiro atoms. The lowest BCUT2D eigenvalue weighted by Gasteiger charge is -2.46. The molecular formula is C35H42FN5O2. The van der Waals surface area contributed by atoms with Gasteiger partial charge in [-0.05, 0) is 108 Å². The van der Waals surface area contributed by atoms with Gasteiger partial charge in [0, 0.05) is 47.5 Å². The molecular weight excluding hydrogens is 541 g/mol. The average molecular weight is 584 g/mol. The summed E-state index contributed by atoms with van der Waals surface area (Å²) in [6.45, 7) is 7.93. The van der Waals surface area contributed by atoms with E-state index in [4.69, 9.17) is 0 Å². The van der Waals surface area contributed by atoms with Crippen LogP contribution in [0.15, 0.2) is 48.9 Å². The van der Waals surface area contributed by atoms with Gasteiger partial charge in [0.05, 0.1) is 35.0 Å². The van der Waals surface area contributed by atoms with E-state index in [2.05, 4.69) is 27.5 Å². The standard InChI is InChI=1S/C35H42FN5O2/c1-20(2)40(21(3)4)34(42)29-17-24(36)7-12-31(29)39-19-30(28-13-14-37-18-32(28)39)23-15-26-10-11-27(16-23)41(26)35(43)33-22-5-8-25(38-33)9-6-22/h7,12-15,17-22,25-27,33,38H,5-6,8-11,16H2,1-4H3/t22?,25?,26?,27?,33-/m0/s1. The number of hydrogen-bond donors (Lipinski definition) is 1. The molecule has 226 valence electrons. The molecule has 4 fully saturated rings. The fourth-order valence-corrected chi connectivity index (χ4v) is 8.44. The third kappa shape index (κ3) is 4.78. The summed E-state index contributed by atoms with van der Waals surface area (Å²) in [5, 5.41) is 4.71. The summed E-state index contributed by atoms with van der Waals surface area (Å²) in [7, 11) is 0. The number of halogens is 1. The molecule has 3 atom stereocenters. The maximum atomic E-state index is 14.6. The smallest absolute Gasteiger partial charge is 0.256 e. The van der Waals surface area contributed by atoms with E-state index in [0.29, 0.717) is 23.2 Å². The molecule has 7 nitrogen and oxygen atoms in total. The Bertz CT molecular complexity index is 1590. The predicted octanol–water partition coefficient (Wildman–Crippen LogP) is 6.10. The van der Waals surface area contributed by atoms with Gasteiger partial charge in [0.1, 0.15) is 5.82 Å². The molecule has 1 aromatic carbocycles. The summed E-state index contributed by atoms with van der Waals surface area (Å²) in [6.07, 6.45) is 15.5. The van der Waals surface area contributed by atoms with Crippen molar-refractivity contribution >= 4 is 28.3 Å². The molecule has 1 saturated carbocycles. The van der Waals surface area contributed by atoms with Crippen LogP contribution >= 0.6 is 0 Å². The van der Waals surface area contributed by atoms with Crippen molar-refractivity contribution in [2.45, 2.75) is 109 Å². The number of fused-ring (bicyclic) bond motifs is 6. The Hall–Kier alpha value is -3.52. The number of benzene rings is 1. The highest BCUT2D eigenvalue weighted by Gasteiger charge is 2.46. The number of piperidine rings is 2. The summed E-state index contributed by atoms with van der Waals surface area (Å²) in [5.74, 6) is 0.119. The maximum Gasteiger partial charge on any atom is 0.256 e. The van der Waals surface area contributed by atoms with Gasteiger partial charge in [0.2, 0.25) is 5.91 Å². The monoisotopic (exact) mass is 583 g/mol. The molecule has 0 radical (unpaired) electrons. The average Bonchev–Trinajstić information content (AvgIpc) is 3.51. The molecule has 43 heavy (non-hydrogen) atoms. The van der Waals surface area contributed by atoms with Crippen LogP contribution in [-0.2, 0) is 4.79 Å². The molecule has 8 rings (SSSR count). The predicted molar refractivity (Wildman–Crippen MR) is 166 cm³/mol. The van der Waals surface area contributed by atoms with Gasteiger partial charge in [-0.1, -0.05) is 6.08 Å². The second-order valence-electron chi connectivity index (χ2n) is 13.6. The number of carbonyl (C=O) groups is 2. The summed E-state index contributed by atoms with van der Waals surface area (Å²) in [6, 6.07) is 7.15. The third-order valence-corrected chi connectivity index (χ3v) is 10.3. The first-order valence-electron chi connectivity index (χ1n) is 16.1. The topological polar surface area (TPSA) is 70.5 Å². The zero-order valence-electron chi connectivity index (χ0n) is 25.6. The number of pyridine rings is 1. The van der Waals surface area contributed by atoms with Crippen LogP contribution < -0.4 is 5.32 Å². The summed E-state index contributed by atoms with van der Waals surface area (Å²) < 4.78 is 16.6. The zero-order chi connectivity index (χ0) is 30.0. The second kappa shape index (κ2) is 10.9. The summed E-state index contributed by atoms with van der Waals surface area (Å²) in [5.41, 5.74) is 4.15. The van der Waals surface area contributed by atoms with Gasteiger partial charge < -0.3 is 19.7 Å². The van der Waals surface area contributed by atoms with Crippen LogP contribution in [0.2, 0.25) is 0 Å². The molecule has 2 amide bonds. The molecule has 5 aliphatic rings. The highest BCUT2D eigenvalue weighted by Crippen LogP contribution is 2.43. The summed E-state index contributed by atoms with van der Waals surface area (Å²) >= 11 is 0. The highest BCUT2D eigenvalue weighted by molar-refractivity contribution is 6.00. The van der Waals surface area contributed by atoms with Crippen molar-refractivity contribution in [3.63, 3.8) is 0 Å². The van der Waals surface area contributed by atoms with Gasteiger partial charge in [-0.3, -0.25) is 14.6 Å². The lowest BCUT2D eigenvalue weighted by molar-refractivity contribution is -0.139. The molecule has 3 saturated heterocycles. The van der Waals surface area contributed by atoms with E-state index in [1.165, 1.54) is 30.5 Å². The van der Waals surface area contributed by atoms with Crippen LogP contribution in [0.5, 0.6) is 0 Å². The molecule has 8 heteroatoms. The van der Waals surface area contributed by atoms with E-state index >= 15 is 0 Å². The minimum Gasteiger partial charge on any atom is -0.334 e. The van der Waals surface area contributed by atoms with Crippen LogP contribution in [0.4, 0.5) is 4.39 Å². The fourth-order valence-electron chi connectivity index (χ4n) is 8.44. The lowest BCUT2D eigenvalue weighted by atomic mass is 9.75. The Kier molecular flexibility index (Phi) is 7.15. The van der Waals surface area contributed by atoms with Crippen molar-refractivity contribution in [2.24, 2.45) is 5.92 Å². The normalized spacial score (nSPS) is 26.4. The van der Waals surface area contributed by atoms with Crippen molar-refractivity contribution in [3.05, 3.63) is 65.9 Å². The minimum absolute atomic E-state index is 0.0326. The van der Waals surface area contributed by atoms with Crippen LogP contribution in [-0.4, -0.2) is 67.4 Å². The van der Waals surface area contributed by atoms with E-state index in [-0.39, 0.29) is 42.0 Å². The Morgan fingerprint density at radius 3 is 2.47 bits per heavy atom. The van der Waals surface area contributed by atoms with Crippen molar-refractivity contribution in [2.75, 3.05) is 0 Å². The van der Waals surface area contributed by atoms with Crippen LogP contribution in [0.3, 0.4) is 0 Å². The van der Waals surface area contributed by atoms with Crippen molar-refractivity contribution in [1.82, 2.24) is 24.7 Å². The molecule has 3 aromatic rings. The van der Waals surface area contributed by atoms with Crippen molar-refractivity contribution < 1.29 is 14.0 Å². The van der Waals surface area contributed by atoms with E-state index < -0.39 is 5.82 Å². The number of nitrogens with one attached hydrogen (secondary N) is 1. The first-order valence-corrected chi connectivity index (χ1v) is 16.1. The number of carbonyl (C=O) groups excluding carboxylic acids is 2. The SMILES string of the molecule is CC(C)N(C(=O)c1cc(F)ccc1-n1cc(C2=CC3CCC(C2)N3C(=O)[C@H]2NC3CCC2CC3)c2ccncc21)C(C)C. The maximum absolute atomic E-state index is 14.6. The molecule has 1 N–H and O–H groups in total. The molecule has 4 bridgehead atoms. The van der Waals surface area contributed by atoms with Gasteiger partial charge in [-0.25, -0.2) is 4.39 Å². The van der Waals surface area contributed by atoms with Gasteiger partial charge in [-0.2, -0.15) is 0 Å². The van der Waals surface area contributed by atoms with E-state index in [9.17, 15) is 14.0 Å². The third-order valence-electron chi connectivity index (χ3n) is 10.3. The molecule has 1 aliphatic carbocycles. The molecule has 4 aliphatic heterocycles. The Morgan fingerprint density at radius 2 is 1.79 bits per heavy atom. The van der Waals surface area contributed by atoms with Crippen molar-refractivity contribution in [1.29, 1.82) is 0 Å². The van der Waals surface area contributed by atoms with Gasteiger partial charge >= 0.3 is 0 Å². The van der Waals surface area contributed by atoms with E-state index in [1.54, 1.807) is 17.2 Å². The second-order valence-corrected chi connectivity index (χ2v) is 13.6. The number of hydrogen-bond acceptors (Lipinski definition) is 4. The number of nitrogens with zero attached hydrogens (tertiary/aromatic N) is 4. The minimum atomic E-state index is -0.439. The summed E-state index contributed by atoms with van der Waals surface area (Å²) in [4.78, 5) is 36.2. The van der Waals surface area contributed by atoms with Gasteiger partial charge in [-0.15, -0.1) is 0 Å². The quantitative estimate of drug-likeness (QED) is 0.381. The van der Waals surface area contributed by atoms with Crippen LogP contribution in [0, 0.1) is 11.7 Å². The van der Waals surface area contributed by atoms with Crippen LogP contribution in [0.1, 0.15) is 88.6 Å². The Balaban J connectivity index is 1.26. The van der Waals surface area contributed by atoms with E-state index in [1.807, 2.05) is 44.5 Å². The lowest BCUT2D eigenvalue weighted by Crippen LogP contribution is -2.61. The molecule has 6 heterocycles. The number of amides is 2. The first-order chi connectivity index (χ1) is 20.7. The molecule has 2 unspecified atom stereocenters. The first kappa shape index (κ1) is 28.3. The Labute approximate surface area is 253 Å². The Morgan fingerprint density at radius 1 is 1.02 bits per heavy atom. The van der Waals surface area contributed by atoms with Gasteiger partial charge in [0.25, 0.3) is 5.91 Å². The fraction of sp³-hybridized carbons (Fsp3) is 0.514. The number of rotatable bonds is 6. The number of aromatic nitrogens is 2. The van der Waals surface area contributed by atoms with Crippen molar-refractivity contribution in [3.8, 4) is 5.69 Å². The van der Waals surface area contributed by atoms with Crippen LogP contribution in [0.25, 0.3) is 22.2 Å². The zero-order valence-corrected chi connectivity index (χ0v) is 25.6. The van der Waals surface area contributed by atoms with E-state index in [0.717, 1.165) is 48.6 Å². The molecule has 2 aromatic heterocycles.